The third-order valence-corrected chi connectivity index (χ3v) is 13.6. The summed E-state index contributed by atoms with van der Waals surface area (Å²) in [5.74, 6) is 7.33. The molecule has 0 saturated heterocycles. The molecule has 1 aliphatic carbocycles. The van der Waals surface area contributed by atoms with Crippen LogP contribution in [0.4, 0.5) is 0 Å². The number of thiophene rings is 2. The van der Waals surface area contributed by atoms with Gasteiger partial charge in [-0.25, -0.2) is 0 Å². The van der Waals surface area contributed by atoms with Crippen LogP contribution in [0.2, 0.25) is 0 Å². The Morgan fingerprint density at radius 1 is 0.440 bits per heavy atom. The van der Waals surface area contributed by atoms with Crippen molar-refractivity contribution in [1.82, 2.24) is 25.0 Å². The van der Waals surface area contributed by atoms with Crippen LogP contribution >= 0.6 is 22.7 Å². The first kappa shape index (κ1) is 115. The van der Waals surface area contributed by atoms with E-state index in [1.54, 1.807) is 55.0 Å². The van der Waals surface area contributed by atoms with Crippen molar-refractivity contribution in [1.29, 1.82) is 0 Å². The van der Waals surface area contributed by atoms with E-state index in [4.69, 9.17) is 13.4 Å². The van der Waals surface area contributed by atoms with E-state index in [-0.39, 0.29) is 0 Å². The Kier molecular flexibility index (Phi) is 102. The van der Waals surface area contributed by atoms with Gasteiger partial charge in [0.25, 0.3) is 0 Å². The molecule has 1 aliphatic rings. The number of rotatable bonds is 10. The molecule has 0 aromatic carbocycles. The lowest BCUT2D eigenvalue weighted by Gasteiger charge is -2.03. The highest BCUT2D eigenvalue weighted by Gasteiger charge is 2.03. The van der Waals surface area contributed by atoms with Crippen molar-refractivity contribution in [2.75, 3.05) is 0 Å². The fourth-order valence-corrected chi connectivity index (χ4v) is 7.85. The molecular formula is C88H161N5O5S2. The molecular weight excluding hydrogens is 1270 g/mol. The summed E-state index contributed by atoms with van der Waals surface area (Å²) in [7, 11) is 0. The van der Waals surface area contributed by atoms with Crippen LogP contribution in [0.25, 0.3) is 0 Å². The van der Waals surface area contributed by atoms with Gasteiger partial charge in [0, 0.05) is 64.7 Å². The number of aromatic nitrogens is 5. The van der Waals surface area contributed by atoms with Crippen molar-refractivity contribution < 1.29 is 22.4 Å². The Balaban J connectivity index is -0.000000109. The summed E-state index contributed by atoms with van der Waals surface area (Å²) in [5, 5.41) is 17.3. The van der Waals surface area contributed by atoms with Gasteiger partial charge in [-0.15, -0.1) is 11.3 Å². The summed E-state index contributed by atoms with van der Waals surface area (Å²) in [6.07, 6.45) is 25.8. The molecule has 0 fully saturated rings. The van der Waals surface area contributed by atoms with E-state index in [1.165, 1.54) is 27.3 Å². The van der Waals surface area contributed by atoms with Gasteiger partial charge in [-0.3, -0.25) is 0 Å². The molecule has 9 heterocycles. The third-order valence-electron chi connectivity index (χ3n) is 11.8. The van der Waals surface area contributed by atoms with E-state index < -0.39 is 0 Å². The molecule has 10 nitrogen and oxygen atoms in total. The number of nitrogens with zero attached hydrogens (tertiary/aromatic N) is 4. The van der Waals surface area contributed by atoms with E-state index in [0.29, 0.717) is 59.3 Å². The molecule has 100 heavy (non-hydrogen) atoms. The highest BCUT2D eigenvalue weighted by Crippen LogP contribution is 2.20. The van der Waals surface area contributed by atoms with Gasteiger partial charge in [-0.1, -0.05) is 303 Å². The predicted molar refractivity (Wildman–Crippen MR) is 454 cm³/mol. The number of nitrogens with one attached hydrogen (secondary N) is 1. The summed E-state index contributed by atoms with van der Waals surface area (Å²) in [5.41, 5.74) is 7.70. The molecule has 0 spiro atoms. The zero-order valence-electron chi connectivity index (χ0n) is 72.3. The lowest BCUT2D eigenvalue weighted by Crippen LogP contribution is -1.94. The van der Waals surface area contributed by atoms with E-state index >= 15 is 0 Å². The molecule has 10 rings (SSSR count). The number of allylic oxidation sites excluding steroid dienone is 4. The minimum absolute atomic E-state index is 0.456. The molecule has 0 amide bonds. The average Bonchev–Trinajstić information content (AvgIpc) is 3.90. The summed E-state index contributed by atoms with van der Waals surface area (Å²) in [4.78, 5) is 4.61. The number of hydrogen-bond acceptors (Lipinski definition) is 10. The summed E-state index contributed by atoms with van der Waals surface area (Å²) in [6, 6.07) is 24.9. The fraction of sp³-hybridized carbons (Fsp3) is 0.580. The second kappa shape index (κ2) is 88.7. The second-order valence-electron chi connectivity index (χ2n) is 22.0. The number of furan rings is 2. The van der Waals surface area contributed by atoms with E-state index in [2.05, 4.69) is 244 Å². The lowest BCUT2D eigenvalue weighted by atomic mass is 10.1. The van der Waals surface area contributed by atoms with E-state index in [9.17, 15) is 0 Å². The van der Waals surface area contributed by atoms with Crippen molar-refractivity contribution in [2.24, 2.45) is 5.92 Å². The maximum absolute atomic E-state index is 5.09. The maximum atomic E-state index is 5.09. The van der Waals surface area contributed by atoms with Gasteiger partial charge in [-0.2, -0.15) is 11.3 Å². The second-order valence-corrected chi connectivity index (χ2v) is 23.8. The molecule has 0 radical (unpaired) electrons. The zero-order valence-corrected chi connectivity index (χ0v) is 73.9. The Morgan fingerprint density at radius 2 is 0.990 bits per heavy atom. The van der Waals surface area contributed by atoms with Crippen LogP contribution in [0.15, 0.2) is 197 Å². The topological polar surface area (TPSA) is 125 Å². The van der Waals surface area contributed by atoms with E-state index in [0.717, 1.165) is 29.2 Å². The maximum Gasteiger partial charge on any atom is 0.139 e. The van der Waals surface area contributed by atoms with Gasteiger partial charge in [0.15, 0.2) is 0 Å². The minimum Gasteiger partial charge on any atom is -0.472 e. The first-order valence-corrected chi connectivity index (χ1v) is 40.3. The molecule has 580 valence electrons. The van der Waals surface area contributed by atoms with Crippen LogP contribution in [-0.4, -0.2) is 25.0 Å². The molecule has 0 aliphatic heterocycles. The van der Waals surface area contributed by atoms with Crippen LogP contribution in [0.5, 0.6) is 0 Å². The Hall–Kier alpha value is -6.37. The van der Waals surface area contributed by atoms with Gasteiger partial charge in [0.05, 0.1) is 36.9 Å². The first-order valence-electron chi connectivity index (χ1n) is 38.5. The minimum atomic E-state index is 0.456. The smallest absolute Gasteiger partial charge is 0.139 e. The molecule has 9 aromatic heterocycles. The predicted octanol–water partition coefficient (Wildman–Crippen LogP) is 32.9. The summed E-state index contributed by atoms with van der Waals surface area (Å²) < 4.78 is 26.2. The Labute approximate surface area is 628 Å². The highest BCUT2D eigenvalue weighted by molar-refractivity contribution is 7.10. The van der Waals surface area contributed by atoms with Crippen molar-refractivity contribution in [3.05, 3.63) is 220 Å². The van der Waals surface area contributed by atoms with Crippen molar-refractivity contribution in [3.63, 3.8) is 0 Å². The van der Waals surface area contributed by atoms with Crippen LogP contribution in [-0.2, 0) is 0 Å². The molecule has 0 saturated carbocycles. The molecule has 0 bridgehead atoms. The van der Waals surface area contributed by atoms with Crippen molar-refractivity contribution in [3.8, 4) is 0 Å². The number of H-pyrrole nitrogens is 1. The number of aromatic amines is 1. The number of hydrogen-bond donors (Lipinski definition) is 1. The Bertz CT molecular complexity index is 2120. The molecule has 0 unspecified atom stereocenters. The van der Waals surface area contributed by atoms with E-state index in [1.807, 2.05) is 205 Å². The van der Waals surface area contributed by atoms with Crippen molar-refractivity contribution in [2.45, 2.75) is 337 Å². The average molecular weight is 1430 g/mol. The van der Waals surface area contributed by atoms with Crippen LogP contribution in [0, 0.1) is 5.92 Å². The standard InChI is InChI=1S/C8H12.2C7H11N.2C7H10O.2C7H10S.3C6H9NO.10C2H6/c2*1-7(2)8-5-3-4-6-8;1-6(2)7-4-3-5-8-7;1-6(2)7-3-4-8-5-7;1-6(2)7-4-3-5-8-7;1-6(2)7-3-4-8-5-7;1-6(2)7-4-3-5-8-7;1-5(2)6-3-7-8-4-6;1-5(2)6-3-4-8-7-6;1-5(2)6-3-4-7-8-6;10*1-2/h3,5-7H,4H2,1-2H3;3-7H,1-2H3;3-6,8H,1-2H3;4*3-6H,1-2H3;3*3-5H,1-2H3;10*1-2H3. The molecule has 9 aromatic rings. The van der Waals surface area contributed by atoms with Gasteiger partial charge < -0.3 is 32.0 Å². The molecule has 0 atom stereocenters. The summed E-state index contributed by atoms with van der Waals surface area (Å²) in [6.45, 7) is 83.0. The largest absolute Gasteiger partial charge is 0.472 e. The third kappa shape index (κ3) is 70.1. The quantitative estimate of drug-likeness (QED) is 0.144. The van der Waals surface area contributed by atoms with Crippen LogP contribution in [0.3, 0.4) is 0 Å². The first-order chi connectivity index (χ1) is 48.0. The van der Waals surface area contributed by atoms with Crippen LogP contribution < -0.4 is 0 Å². The van der Waals surface area contributed by atoms with Gasteiger partial charge in [-0.05, 0) is 149 Å². The van der Waals surface area contributed by atoms with Crippen molar-refractivity contribution >= 4 is 22.7 Å². The monoisotopic (exact) mass is 1430 g/mol. The normalized spacial score (nSPS) is 9.48. The molecule has 1 N–H and O–H groups in total. The van der Waals surface area contributed by atoms with Gasteiger partial charge in [0.1, 0.15) is 24.0 Å². The molecule has 12 heteroatoms. The van der Waals surface area contributed by atoms with Gasteiger partial charge in [0.2, 0.25) is 0 Å². The zero-order chi connectivity index (χ0) is 79.8. The highest BCUT2D eigenvalue weighted by atomic mass is 32.1. The fourth-order valence-electron chi connectivity index (χ4n) is 6.29. The van der Waals surface area contributed by atoms with Gasteiger partial charge >= 0.3 is 0 Å². The lowest BCUT2D eigenvalue weighted by molar-refractivity contribution is 0.371. The summed E-state index contributed by atoms with van der Waals surface area (Å²) >= 11 is 3.60. The SMILES string of the molecule is CC.CC.CC.CC.CC.CC.CC.CC.CC.CC.CC(C)C1=CCC=C1.CC(C)c1ccc[nH]1.CC(C)c1ccco1.CC(C)c1cccs1.CC(C)c1ccno1.CC(C)c1ccoc1.CC(C)c1ccon1.CC(C)c1ccsc1.CC(C)c1cnoc1.CC(C)n1cccc1. The Morgan fingerprint density at radius 3 is 1.19 bits per heavy atom. The van der Waals surface area contributed by atoms with Crippen LogP contribution in [0.1, 0.15) is 381 Å².